The molecule has 0 saturated carbocycles. The van der Waals surface area contributed by atoms with Gasteiger partial charge in [0.05, 0.1) is 17.1 Å². The van der Waals surface area contributed by atoms with Crippen LogP contribution in [0.25, 0.3) is 10.9 Å². The minimum Gasteiger partial charge on any atom is -0.489 e. The van der Waals surface area contributed by atoms with Crippen molar-refractivity contribution >= 4 is 16.9 Å². The number of carboxylic acids is 1. The lowest BCUT2D eigenvalue weighted by molar-refractivity contribution is -0.141. The molecule has 4 rings (SSSR count). The number of carboxylic acid groups (broad SMARTS) is 1. The fourth-order valence-corrected chi connectivity index (χ4v) is 3.98. The van der Waals surface area contributed by atoms with Crippen molar-refractivity contribution in [2.45, 2.75) is 39.4 Å². The summed E-state index contributed by atoms with van der Waals surface area (Å²) >= 11 is 0. The van der Waals surface area contributed by atoms with Gasteiger partial charge in [-0.25, -0.2) is 4.98 Å². The number of aromatic nitrogens is 1. The van der Waals surface area contributed by atoms with E-state index in [1.807, 2.05) is 91.9 Å². The summed E-state index contributed by atoms with van der Waals surface area (Å²) in [6.07, 6.45) is 2.01. The molecular formula is C29H29NO4. The van der Waals surface area contributed by atoms with E-state index in [1.54, 1.807) is 0 Å². The molecule has 1 unspecified atom stereocenters. The molecule has 5 nitrogen and oxygen atoms in total. The second kappa shape index (κ2) is 11.3. The summed E-state index contributed by atoms with van der Waals surface area (Å²) in [5.74, 6) is 0.270. The summed E-state index contributed by atoms with van der Waals surface area (Å²) in [5, 5.41) is 10.6. The molecule has 0 aliphatic heterocycles. The van der Waals surface area contributed by atoms with Gasteiger partial charge in [-0.05, 0) is 48.2 Å². The van der Waals surface area contributed by atoms with Crippen molar-refractivity contribution in [3.05, 3.63) is 102 Å². The third-order valence-corrected chi connectivity index (χ3v) is 5.81. The predicted octanol–water partition coefficient (Wildman–Crippen LogP) is 6.44. The smallest absolute Gasteiger partial charge is 0.306 e. The number of ether oxygens (including phenoxy) is 2. The van der Waals surface area contributed by atoms with Crippen LogP contribution in [0.3, 0.4) is 0 Å². The Morgan fingerprint density at radius 3 is 2.32 bits per heavy atom. The predicted molar refractivity (Wildman–Crippen MR) is 133 cm³/mol. The number of fused-ring (bicyclic) bond motifs is 1. The van der Waals surface area contributed by atoms with E-state index in [1.165, 1.54) is 0 Å². The molecule has 0 amide bonds. The molecule has 0 aliphatic carbocycles. The monoisotopic (exact) mass is 455 g/mol. The minimum atomic E-state index is -0.747. The lowest BCUT2D eigenvalue weighted by Crippen LogP contribution is -2.17. The maximum absolute atomic E-state index is 11.6. The molecule has 4 aromatic rings. The van der Waals surface area contributed by atoms with Gasteiger partial charge in [0, 0.05) is 11.5 Å². The number of pyridine rings is 1. The van der Waals surface area contributed by atoms with Gasteiger partial charge in [-0.3, -0.25) is 4.79 Å². The van der Waals surface area contributed by atoms with Crippen LogP contribution in [0.1, 0.15) is 36.6 Å². The Hall–Kier alpha value is -3.86. The van der Waals surface area contributed by atoms with E-state index >= 15 is 0 Å². The van der Waals surface area contributed by atoms with Crippen LogP contribution in [0.4, 0.5) is 0 Å². The van der Waals surface area contributed by atoms with Crippen molar-refractivity contribution in [2.24, 2.45) is 5.92 Å². The number of nitrogens with zero attached hydrogens (tertiary/aromatic N) is 1. The SMILES string of the molecule is CCCC(Cc1ccccc1COc1cccc(OCc2ccc3ccccc3n2)c1)C(=O)O. The highest BCUT2D eigenvalue weighted by molar-refractivity contribution is 5.78. The maximum Gasteiger partial charge on any atom is 0.306 e. The van der Waals surface area contributed by atoms with Crippen molar-refractivity contribution in [1.82, 2.24) is 4.98 Å². The number of carbonyl (C=O) groups is 1. The molecule has 1 N–H and O–H groups in total. The Kier molecular flexibility index (Phi) is 7.76. The number of hydrogen-bond donors (Lipinski definition) is 1. The average Bonchev–Trinajstić information content (AvgIpc) is 2.86. The number of aliphatic carboxylic acids is 1. The summed E-state index contributed by atoms with van der Waals surface area (Å²) in [5.41, 5.74) is 3.82. The van der Waals surface area contributed by atoms with E-state index in [2.05, 4.69) is 4.98 Å². The zero-order valence-corrected chi connectivity index (χ0v) is 19.3. The van der Waals surface area contributed by atoms with E-state index in [0.717, 1.165) is 34.1 Å². The van der Waals surface area contributed by atoms with Gasteiger partial charge in [-0.1, -0.05) is 67.9 Å². The molecule has 0 spiro atoms. The molecule has 1 atom stereocenters. The molecule has 3 aromatic carbocycles. The standard InChI is InChI=1S/C29H29NO4/c1-2-8-23(29(31)32)17-22-10-3-4-11-24(22)19-33-26-12-7-13-27(18-26)34-20-25-16-15-21-9-5-6-14-28(21)30-25/h3-7,9-16,18,23H,2,8,17,19-20H2,1H3,(H,31,32). The molecule has 0 bridgehead atoms. The number of rotatable bonds is 11. The van der Waals surface area contributed by atoms with Crippen molar-refractivity contribution < 1.29 is 19.4 Å². The second-order valence-corrected chi connectivity index (χ2v) is 8.34. The molecule has 0 fully saturated rings. The van der Waals surface area contributed by atoms with Gasteiger partial charge in [-0.2, -0.15) is 0 Å². The minimum absolute atomic E-state index is 0.365. The van der Waals surface area contributed by atoms with Gasteiger partial charge < -0.3 is 14.6 Å². The van der Waals surface area contributed by atoms with E-state index in [-0.39, 0.29) is 5.92 Å². The van der Waals surface area contributed by atoms with Crippen molar-refractivity contribution in [1.29, 1.82) is 0 Å². The Morgan fingerprint density at radius 2 is 1.56 bits per heavy atom. The van der Waals surface area contributed by atoms with Crippen molar-refractivity contribution in [3.8, 4) is 11.5 Å². The Labute approximate surface area is 200 Å². The molecule has 0 saturated heterocycles. The van der Waals surface area contributed by atoms with Crippen molar-refractivity contribution in [3.63, 3.8) is 0 Å². The average molecular weight is 456 g/mol. The van der Waals surface area contributed by atoms with Gasteiger partial charge in [-0.15, -0.1) is 0 Å². The number of benzene rings is 3. The third kappa shape index (κ3) is 6.13. The van der Waals surface area contributed by atoms with Gasteiger partial charge in [0.1, 0.15) is 24.7 Å². The Balaban J connectivity index is 1.38. The molecule has 174 valence electrons. The van der Waals surface area contributed by atoms with E-state index in [9.17, 15) is 9.90 Å². The summed E-state index contributed by atoms with van der Waals surface area (Å²) in [4.78, 5) is 16.3. The molecule has 0 radical (unpaired) electrons. The first-order valence-electron chi connectivity index (χ1n) is 11.6. The fourth-order valence-electron chi connectivity index (χ4n) is 3.98. The van der Waals surface area contributed by atoms with Crippen LogP contribution in [-0.2, 0) is 24.4 Å². The largest absolute Gasteiger partial charge is 0.489 e. The second-order valence-electron chi connectivity index (χ2n) is 8.34. The van der Waals surface area contributed by atoms with E-state index in [4.69, 9.17) is 9.47 Å². The lowest BCUT2D eigenvalue weighted by atomic mass is 9.92. The molecule has 0 aliphatic rings. The molecule has 1 aromatic heterocycles. The summed E-state index contributed by atoms with van der Waals surface area (Å²) in [7, 11) is 0. The Morgan fingerprint density at radius 1 is 0.853 bits per heavy atom. The third-order valence-electron chi connectivity index (χ3n) is 5.81. The van der Waals surface area contributed by atoms with Crippen LogP contribution in [0.2, 0.25) is 0 Å². The summed E-state index contributed by atoms with van der Waals surface area (Å²) in [6.45, 7) is 2.74. The lowest BCUT2D eigenvalue weighted by Gasteiger charge is -2.15. The highest BCUT2D eigenvalue weighted by Crippen LogP contribution is 2.24. The molecular weight excluding hydrogens is 426 g/mol. The van der Waals surface area contributed by atoms with E-state index < -0.39 is 5.97 Å². The van der Waals surface area contributed by atoms with Crippen LogP contribution in [0.5, 0.6) is 11.5 Å². The first kappa shape index (κ1) is 23.3. The quantitative estimate of drug-likeness (QED) is 0.282. The first-order valence-corrected chi connectivity index (χ1v) is 11.6. The summed E-state index contributed by atoms with van der Waals surface area (Å²) < 4.78 is 12.0. The van der Waals surface area contributed by atoms with Crippen LogP contribution >= 0.6 is 0 Å². The van der Waals surface area contributed by atoms with E-state index in [0.29, 0.717) is 37.6 Å². The number of hydrogen-bond acceptors (Lipinski definition) is 4. The summed E-state index contributed by atoms with van der Waals surface area (Å²) in [6, 6.07) is 27.4. The van der Waals surface area contributed by atoms with Gasteiger partial charge in [0.15, 0.2) is 0 Å². The molecule has 5 heteroatoms. The van der Waals surface area contributed by atoms with Gasteiger partial charge in [0.25, 0.3) is 0 Å². The zero-order chi connectivity index (χ0) is 23.8. The fraction of sp³-hybridized carbons (Fsp3) is 0.241. The Bertz CT molecular complexity index is 1250. The molecule has 1 heterocycles. The van der Waals surface area contributed by atoms with Crippen molar-refractivity contribution in [2.75, 3.05) is 0 Å². The zero-order valence-electron chi connectivity index (χ0n) is 19.3. The van der Waals surface area contributed by atoms with Crippen LogP contribution in [-0.4, -0.2) is 16.1 Å². The van der Waals surface area contributed by atoms with Crippen LogP contribution in [0, 0.1) is 5.92 Å². The van der Waals surface area contributed by atoms with Gasteiger partial charge in [0.2, 0.25) is 0 Å². The maximum atomic E-state index is 11.6. The van der Waals surface area contributed by atoms with Gasteiger partial charge >= 0.3 is 5.97 Å². The topological polar surface area (TPSA) is 68.7 Å². The van der Waals surface area contributed by atoms with Crippen LogP contribution < -0.4 is 9.47 Å². The number of para-hydroxylation sites is 1. The van der Waals surface area contributed by atoms with Crippen LogP contribution in [0.15, 0.2) is 84.9 Å². The first-order chi connectivity index (χ1) is 16.6. The highest BCUT2D eigenvalue weighted by Gasteiger charge is 2.18. The normalized spacial score (nSPS) is 11.8. The molecule has 34 heavy (non-hydrogen) atoms. The highest BCUT2D eigenvalue weighted by atomic mass is 16.5.